The van der Waals surface area contributed by atoms with Gasteiger partial charge in [-0.25, -0.2) is 10.8 Å². The molecule has 0 aliphatic heterocycles. The zero-order chi connectivity index (χ0) is 14.2. The molecular weight excluding hydrogens is 254 g/mol. The summed E-state index contributed by atoms with van der Waals surface area (Å²) in [4.78, 5) is 8.64. The van der Waals surface area contributed by atoms with Gasteiger partial charge < -0.3 is 10.1 Å². The van der Waals surface area contributed by atoms with Gasteiger partial charge in [0.1, 0.15) is 5.82 Å². The molecule has 1 aromatic carbocycles. The van der Waals surface area contributed by atoms with E-state index in [0.717, 1.165) is 36.2 Å². The van der Waals surface area contributed by atoms with Crippen molar-refractivity contribution in [2.45, 2.75) is 19.8 Å². The van der Waals surface area contributed by atoms with Gasteiger partial charge in [-0.3, -0.25) is 5.43 Å². The topological polar surface area (TPSA) is 85.1 Å². The first kappa shape index (κ1) is 14.5. The molecule has 20 heavy (non-hydrogen) atoms. The van der Waals surface area contributed by atoms with Gasteiger partial charge in [0.15, 0.2) is 0 Å². The Bertz CT molecular complexity index is 546. The number of nitrogens with one attached hydrogen (secondary N) is 2. The summed E-state index contributed by atoms with van der Waals surface area (Å²) in [7, 11) is 0. The van der Waals surface area contributed by atoms with E-state index in [9.17, 15) is 0 Å². The molecule has 0 unspecified atom stereocenters. The highest BCUT2D eigenvalue weighted by molar-refractivity contribution is 5.89. The number of aromatic nitrogens is 2. The number of hydrogen-bond acceptors (Lipinski definition) is 6. The van der Waals surface area contributed by atoms with E-state index in [1.165, 1.54) is 0 Å². The van der Waals surface area contributed by atoms with Crippen LogP contribution in [0.3, 0.4) is 0 Å². The van der Waals surface area contributed by atoms with Gasteiger partial charge in [-0.2, -0.15) is 4.98 Å². The molecule has 0 saturated heterocycles. The Morgan fingerprint density at radius 3 is 2.85 bits per heavy atom. The van der Waals surface area contributed by atoms with Crippen LogP contribution in [-0.2, 0) is 4.74 Å². The van der Waals surface area contributed by atoms with Crippen molar-refractivity contribution in [2.75, 3.05) is 30.5 Å². The smallest absolute Gasteiger partial charge is 0.239 e. The summed E-state index contributed by atoms with van der Waals surface area (Å²) in [5, 5.41) is 4.24. The number of benzene rings is 1. The van der Waals surface area contributed by atoms with Crippen molar-refractivity contribution in [2.24, 2.45) is 5.84 Å². The highest BCUT2D eigenvalue weighted by Crippen LogP contribution is 2.21. The van der Waals surface area contributed by atoms with Crippen LogP contribution in [0.25, 0.3) is 10.9 Å². The van der Waals surface area contributed by atoms with Crippen LogP contribution in [0.1, 0.15) is 19.8 Å². The molecule has 0 radical (unpaired) electrons. The van der Waals surface area contributed by atoms with E-state index in [2.05, 4.69) is 27.6 Å². The van der Waals surface area contributed by atoms with Gasteiger partial charge in [-0.1, -0.05) is 25.5 Å². The second-order valence-electron chi connectivity index (χ2n) is 4.45. The molecule has 6 heteroatoms. The van der Waals surface area contributed by atoms with Crippen molar-refractivity contribution < 1.29 is 4.74 Å². The fraction of sp³-hybridized carbons (Fsp3) is 0.429. The van der Waals surface area contributed by atoms with Gasteiger partial charge in [-0.05, 0) is 18.6 Å². The quantitative estimate of drug-likeness (QED) is 0.389. The second kappa shape index (κ2) is 7.62. The van der Waals surface area contributed by atoms with Gasteiger partial charge in [0.05, 0.1) is 12.1 Å². The van der Waals surface area contributed by atoms with Gasteiger partial charge in [0, 0.05) is 18.5 Å². The maximum atomic E-state index is 5.52. The number of ether oxygens (including phenoxy) is 1. The number of para-hydroxylation sites is 1. The first-order valence-corrected chi connectivity index (χ1v) is 6.90. The van der Waals surface area contributed by atoms with E-state index in [1.54, 1.807) is 0 Å². The molecule has 4 N–H and O–H groups in total. The molecule has 108 valence electrons. The average molecular weight is 275 g/mol. The van der Waals surface area contributed by atoms with Gasteiger partial charge in [0.25, 0.3) is 0 Å². The minimum atomic E-state index is 0.401. The van der Waals surface area contributed by atoms with Crippen LogP contribution in [0.5, 0.6) is 0 Å². The van der Waals surface area contributed by atoms with E-state index < -0.39 is 0 Å². The highest BCUT2D eigenvalue weighted by atomic mass is 16.5. The first-order valence-electron chi connectivity index (χ1n) is 6.90. The predicted molar refractivity (Wildman–Crippen MR) is 81.6 cm³/mol. The van der Waals surface area contributed by atoms with Gasteiger partial charge in [0.2, 0.25) is 5.95 Å². The third kappa shape index (κ3) is 3.79. The molecule has 0 saturated carbocycles. The van der Waals surface area contributed by atoms with Crippen molar-refractivity contribution in [1.82, 2.24) is 9.97 Å². The molecule has 0 aliphatic rings. The van der Waals surface area contributed by atoms with Gasteiger partial charge >= 0.3 is 0 Å². The lowest BCUT2D eigenvalue weighted by molar-refractivity contribution is 0.141. The Hall–Kier alpha value is -1.92. The fourth-order valence-corrected chi connectivity index (χ4v) is 1.87. The van der Waals surface area contributed by atoms with E-state index in [-0.39, 0.29) is 0 Å². The molecule has 2 aromatic rings. The van der Waals surface area contributed by atoms with Crippen LogP contribution in [0.15, 0.2) is 24.3 Å². The fourth-order valence-electron chi connectivity index (χ4n) is 1.87. The van der Waals surface area contributed by atoms with Crippen molar-refractivity contribution in [1.29, 1.82) is 0 Å². The monoisotopic (exact) mass is 275 g/mol. The normalized spacial score (nSPS) is 10.7. The number of unbranched alkanes of at least 4 members (excludes halogenated alkanes) is 1. The molecule has 6 nitrogen and oxygen atoms in total. The summed E-state index contributed by atoms with van der Waals surface area (Å²) in [5.41, 5.74) is 3.34. The van der Waals surface area contributed by atoms with Crippen molar-refractivity contribution >= 4 is 22.7 Å². The first-order chi connectivity index (χ1) is 9.85. The Labute approximate surface area is 118 Å². The molecule has 0 spiro atoms. The number of anilines is 2. The van der Waals surface area contributed by atoms with Crippen LogP contribution in [0.2, 0.25) is 0 Å². The van der Waals surface area contributed by atoms with Crippen LogP contribution in [0, 0.1) is 0 Å². The molecule has 0 aliphatic carbocycles. The lowest BCUT2D eigenvalue weighted by Gasteiger charge is -2.10. The maximum absolute atomic E-state index is 5.52. The van der Waals surface area contributed by atoms with Crippen molar-refractivity contribution in [3.8, 4) is 0 Å². The van der Waals surface area contributed by atoms with E-state index in [1.807, 2.05) is 24.3 Å². The Morgan fingerprint density at radius 2 is 2.05 bits per heavy atom. The summed E-state index contributed by atoms with van der Waals surface area (Å²) in [5.74, 6) is 6.56. The standard InChI is InChI=1S/C14H21N5O/c1-2-3-9-20-10-8-16-13-11-6-4-5-7-12(11)17-14(18-13)19-15/h4-7H,2-3,8-10,15H2,1H3,(H2,16,17,18,19). The third-order valence-corrected chi connectivity index (χ3v) is 2.91. The van der Waals surface area contributed by atoms with E-state index in [0.29, 0.717) is 19.1 Å². The van der Waals surface area contributed by atoms with Crippen molar-refractivity contribution in [3.05, 3.63) is 24.3 Å². The number of nitrogens with zero attached hydrogens (tertiary/aromatic N) is 2. The molecule has 2 rings (SSSR count). The van der Waals surface area contributed by atoms with Crippen molar-refractivity contribution in [3.63, 3.8) is 0 Å². The second-order valence-corrected chi connectivity index (χ2v) is 4.45. The van der Waals surface area contributed by atoms with Crippen LogP contribution >= 0.6 is 0 Å². The van der Waals surface area contributed by atoms with Crippen LogP contribution in [0.4, 0.5) is 11.8 Å². The molecule has 1 aromatic heterocycles. The summed E-state index contributed by atoms with van der Waals surface area (Å²) < 4.78 is 5.52. The summed E-state index contributed by atoms with van der Waals surface area (Å²) >= 11 is 0. The molecule has 0 fully saturated rings. The largest absolute Gasteiger partial charge is 0.380 e. The number of nitrogen functional groups attached to an aromatic ring is 1. The molecule has 0 amide bonds. The molecular formula is C14H21N5O. The van der Waals surface area contributed by atoms with Crippen LogP contribution < -0.4 is 16.6 Å². The number of hydrazine groups is 1. The summed E-state index contributed by atoms with van der Waals surface area (Å²) in [6, 6.07) is 7.81. The minimum absolute atomic E-state index is 0.401. The molecule has 1 heterocycles. The maximum Gasteiger partial charge on any atom is 0.239 e. The Balaban J connectivity index is 2.01. The Morgan fingerprint density at radius 1 is 1.20 bits per heavy atom. The number of rotatable bonds is 8. The lowest BCUT2D eigenvalue weighted by Crippen LogP contribution is -2.15. The lowest BCUT2D eigenvalue weighted by atomic mass is 10.2. The van der Waals surface area contributed by atoms with E-state index in [4.69, 9.17) is 10.6 Å². The number of nitrogens with two attached hydrogens (primary N) is 1. The zero-order valence-electron chi connectivity index (χ0n) is 11.7. The van der Waals surface area contributed by atoms with Crippen LogP contribution in [-0.4, -0.2) is 29.7 Å². The minimum Gasteiger partial charge on any atom is -0.380 e. The zero-order valence-corrected chi connectivity index (χ0v) is 11.7. The SMILES string of the molecule is CCCCOCCNc1nc(NN)nc2ccccc12. The third-order valence-electron chi connectivity index (χ3n) is 2.91. The highest BCUT2D eigenvalue weighted by Gasteiger charge is 2.05. The van der Waals surface area contributed by atoms with E-state index >= 15 is 0 Å². The Kier molecular flexibility index (Phi) is 5.52. The summed E-state index contributed by atoms with van der Waals surface area (Å²) in [6.07, 6.45) is 2.24. The predicted octanol–water partition coefficient (Wildman–Crippen LogP) is 2.14. The number of hydrogen-bond donors (Lipinski definition) is 3. The summed E-state index contributed by atoms with van der Waals surface area (Å²) in [6.45, 7) is 4.31. The molecule has 0 atom stereocenters. The number of fused-ring (bicyclic) bond motifs is 1. The molecule has 0 bridgehead atoms. The average Bonchev–Trinajstić information content (AvgIpc) is 2.50. The van der Waals surface area contributed by atoms with Gasteiger partial charge in [-0.15, -0.1) is 0 Å².